The number of azide groups is 1. The number of nitrogens with zero attached hydrogens (tertiary/aromatic N) is 3. The third-order valence-electron chi connectivity index (χ3n) is 2.20. The zero-order valence-electron chi connectivity index (χ0n) is 10.9. The number of carbonyl (C=O) groups is 1. The Bertz CT molecular complexity index is 421. The molecule has 1 aromatic carbocycles. The van der Waals surface area contributed by atoms with Gasteiger partial charge >= 0.3 is 0 Å². The van der Waals surface area contributed by atoms with Crippen LogP contribution in [0.2, 0.25) is 0 Å². The second kappa shape index (κ2) is 8.36. The second-order valence-electron chi connectivity index (χ2n) is 3.39. The fraction of sp³-hybridized carbons (Fsp3) is 0.462. The van der Waals surface area contributed by atoms with Crippen molar-refractivity contribution in [1.29, 1.82) is 0 Å². The topological polar surface area (TPSA) is 65.8 Å². The minimum absolute atomic E-state index is 0.479. The molecule has 0 unspecified atom stereocenters. The number of rotatable bonds is 3. The summed E-state index contributed by atoms with van der Waals surface area (Å²) in [5, 5.41) is 3.07. The molecule has 4 nitrogen and oxygen atoms in total. The zero-order valence-corrected chi connectivity index (χ0v) is 10.9. The molecule has 0 aromatic heterocycles. The van der Waals surface area contributed by atoms with Crippen LogP contribution in [0.3, 0.4) is 0 Å². The largest absolute Gasteiger partial charge is 0.287 e. The van der Waals surface area contributed by atoms with Crippen LogP contribution in [0.1, 0.15) is 48.7 Å². The highest BCUT2D eigenvalue weighted by atomic mass is 16.1. The molecule has 0 aliphatic rings. The van der Waals surface area contributed by atoms with Crippen LogP contribution >= 0.6 is 0 Å². The first-order chi connectivity index (χ1) is 8.19. The lowest BCUT2D eigenvalue weighted by Gasteiger charge is -2.04. The normalized spacial score (nSPS) is 8.71. The van der Waals surface area contributed by atoms with Crippen molar-refractivity contribution < 1.29 is 4.79 Å². The van der Waals surface area contributed by atoms with E-state index in [1.807, 2.05) is 32.9 Å². The lowest BCUT2D eigenvalue weighted by Crippen LogP contribution is -1.98. The molecule has 1 amide bonds. The summed E-state index contributed by atoms with van der Waals surface area (Å²) in [7, 11) is 0. The van der Waals surface area contributed by atoms with Crippen molar-refractivity contribution in [2.24, 2.45) is 5.11 Å². The number of hydrogen-bond donors (Lipinski definition) is 0. The van der Waals surface area contributed by atoms with E-state index in [1.165, 1.54) is 5.56 Å². The molecule has 0 spiro atoms. The standard InChI is InChI=1S/C11H13N3O.C2H6/c1-3-4-9-5-6-10(8(2)7-9)11(15)13-14-12;1-2/h5-7H,3-4H2,1-2H3;1-2H3. The first-order valence-electron chi connectivity index (χ1n) is 5.88. The van der Waals surface area contributed by atoms with E-state index in [1.54, 1.807) is 6.07 Å². The molecule has 92 valence electrons. The van der Waals surface area contributed by atoms with E-state index in [0.29, 0.717) is 5.56 Å². The maximum absolute atomic E-state index is 11.3. The first-order valence-corrected chi connectivity index (χ1v) is 5.88. The summed E-state index contributed by atoms with van der Waals surface area (Å²) >= 11 is 0. The van der Waals surface area contributed by atoms with E-state index in [9.17, 15) is 4.79 Å². The van der Waals surface area contributed by atoms with Crippen molar-refractivity contribution in [1.82, 2.24) is 0 Å². The Morgan fingerprint density at radius 1 is 1.41 bits per heavy atom. The molecule has 0 bridgehead atoms. The van der Waals surface area contributed by atoms with Gasteiger partial charge in [0.1, 0.15) is 0 Å². The van der Waals surface area contributed by atoms with Gasteiger partial charge in [0.15, 0.2) is 0 Å². The minimum atomic E-state index is -0.516. The molecule has 0 fully saturated rings. The Morgan fingerprint density at radius 2 is 2.06 bits per heavy atom. The number of benzene rings is 1. The lowest BCUT2D eigenvalue weighted by molar-refractivity contribution is 0.1000. The Morgan fingerprint density at radius 3 is 2.53 bits per heavy atom. The number of hydrogen-bond acceptors (Lipinski definition) is 1. The van der Waals surface area contributed by atoms with Gasteiger partial charge in [-0.3, -0.25) is 4.79 Å². The molecular weight excluding hydrogens is 214 g/mol. The predicted octanol–water partition coefficient (Wildman–Crippen LogP) is 4.42. The van der Waals surface area contributed by atoms with Crippen LogP contribution < -0.4 is 0 Å². The smallest absolute Gasteiger partial charge is 0.249 e. The molecule has 0 heterocycles. The average molecular weight is 233 g/mol. The Balaban J connectivity index is 0.00000121. The third kappa shape index (κ3) is 4.70. The van der Waals surface area contributed by atoms with Crippen LogP contribution in [-0.2, 0) is 6.42 Å². The Kier molecular flexibility index (Phi) is 7.48. The van der Waals surface area contributed by atoms with E-state index in [4.69, 9.17) is 5.53 Å². The van der Waals surface area contributed by atoms with Crippen LogP contribution in [0, 0.1) is 6.92 Å². The molecule has 0 aliphatic heterocycles. The average Bonchev–Trinajstić information content (AvgIpc) is 2.32. The van der Waals surface area contributed by atoms with Gasteiger partial charge in [-0.15, -0.1) is 0 Å². The van der Waals surface area contributed by atoms with E-state index in [2.05, 4.69) is 16.9 Å². The molecule has 4 heteroatoms. The molecule has 0 radical (unpaired) electrons. The van der Waals surface area contributed by atoms with Gasteiger partial charge in [-0.2, -0.15) is 0 Å². The van der Waals surface area contributed by atoms with E-state index >= 15 is 0 Å². The number of carbonyl (C=O) groups excluding carboxylic acids is 1. The second-order valence-corrected chi connectivity index (χ2v) is 3.39. The molecule has 0 aliphatic carbocycles. The predicted molar refractivity (Wildman–Crippen MR) is 70.0 cm³/mol. The van der Waals surface area contributed by atoms with Crippen molar-refractivity contribution in [2.45, 2.75) is 40.5 Å². The summed E-state index contributed by atoms with van der Waals surface area (Å²) in [6, 6.07) is 5.58. The monoisotopic (exact) mass is 233 g/mol. The van der Waals surface area contributed by atoms with Crippen LogP contribution in [0.25, 0.3) is 10.4 Å². The summed E-state index contributed by atoms with van der Waals surface area (Å²) in [5.74, 6) is -0.516. The fourth-order valence-electron chi connectivity index (χ4n) is 1.50. The van der Waals surface area contributed by atoms with Gasteiger partial charge in [-0.25, -0.2) is 0 Å². The van der Waals surface area contributed by atoms with Crippen LogP contribution in [0.4, 0.5) is 0 Å². The van der Waals surface area contributed by atoms with E-state index in [0.717, 1.165) is 18.4 Å². The van der Waals surface area contributed by atoms with Crippen molar-refractivity contribution in [2.75, 3.05) is 0 Å². The van der Waals surface area contributed by atoms with Crippen LogP contribution in [-0.4, -0.2) is 5.91 Å². The van der Waals surface area contributed by atoms with E-state index in [-0.39, 0.29) is 0 Å². The number of amides is 1. The van der Waals surface area contributed by atoms with Crippen LogP contribution in [0.5, 0.6) is 0 Å². The highest BCUT2D eigenvalue weighted by Gasteiger charge is 2.06. The Labute approximate surface area is 102 Å². The molecule has 0 saturated heterocycles. The quantitative estimate of drug-likeness (QED) is 0.432. The molecule has 17 heavy (non-hydrogen) atoms. The van der Waals surface area contributed by atoms with Crippen molar-refractivity contribution in [3.63, 3.8) is 0 Å². The van der Waals surface area contributed by atoms with Gasteiger partial charge in [-0.05, 0) is 35.1 Å². The van der Waals surface area contributed by atoms with Crippen molar-refractivity contribution >= 4 is 5.91 Å². The maximum Gasteiger partial charge on any atom is 0.249 e. The summed E-state index contributed by atoms with van der Waals surface area (Å²) in [6.45, 7) is 7.95. The molecule has 0 N–H and O–H groups in total. The van der Waals surface area contributed by atoms with Gasteiger partial charge in [0.25, 0.3) is 0 Å². The van der Waals surface area contributed by atoms with Crippen molar-refractivity contribution in [3.8, 4) is 0 Å². The molecule has 1 rings (SSSR count). The fourth-order valence-corrected chi connectivity index (χ4v) is 1.50. The van der Waals surface area contributed by atoms with Gasteiger partial charge in [0.2, 0.25) is 5.91 Å². The van der Waals surface area contributed by atoms with Crippen LogP contribution in [0.15, 0.2) is 23.3 Å². The molecular formula is C13H19N3O. The summed E-state index contributed by atoms with van der Waals surface area (Å²) in [4.78, 5) is 13.8. The Hall–Kier alpha value is -1.80. The number of aryl methyl sites for hydroxylation is 2. The van der Waals surface area contributed by atoms with Gasteiger partial charge in [0.05, 0.1) is 0 Å². The van der Waals surface area contributed by atoms with Gasteiger partial charge in [0, 0.05) is 10.5 Å². The summed E-state index contributed by atoms with van der Waals surface area (Å²) in [5.41, 5.74) is 10.7. The lowest BCUT2D eigenvalue weighted by atomic mass is 10.0. The third-order valence-corrected chi connectivity index (χ3v) is 2.20. The molecule has 0 atom stereocenters. The highest BCUT2D eigenvalue weighted by Crippen LogP contribution is 2.13. The van der Waals surface area contributed by atoms with Gasteiger partial charge in [-0.1, -0.05) is 45.4 Å². The van der Waals surface area contributed by atoms with Gasteiger partial charge < -0.3 is 0 Å². The molecule has 0 saturated carbocycles. The summed E-state index contributed by atoms with van der Waals surface area (Å²) in [6.07, 6.45) is 2.07. The highest BCUT2D eigenvalue weighted by molar-refractivity contribution is 5.96. The maximum atomic E-state index is 11.3. The van der Waals surface area contributed by atoms with E-state index < -0.39 is 5.91 Å². The van der Waals surface area contributed by atoms with Crippen molar-refractivity contribution in [3.05, 3.63) is 45.3 Å². The minimum Gasteiger partial charge on any atom is -0.287 e. The SMILES string of the molecule is CC.CCCc1ccc(C(=O)N=[N+]=[N-])c(C)c1. The molecule has 1 aromatic rings. The summed E-state index contributed by atoms with van der Waals surface area (Å²) < 4.78 is 0. The zero-order chi connectivity index (χ0) is 13.3. The first kappa shape index (κ1) is 15.2.